The second-order valence-electron chi connectivity index (χ2n) is 7.80. The monoisotopic (exact) mass is 459 g/mol. The molecule has 1 fully saturated rings. The van der Waals surface area contributed by atoms with Gasteiger partial charge in [-0.25, -0.2) is 9.50 Å². The van der Waals surface area contributed by atoms with Crippen LogP contribution in [0.4, 0.5) is 11.4 Å². The molecule has 2 aromatic heterocycles. The van der Waals surface area contributed by atoms with E-state index in [1.165, 1.54) is 0 Å². The minimum atomic E-state index is -0.303. The van der Waals surface area contributed by atoms with Crippen LogP contribution >= 0.6 is 0 Å². The average Bonchev–Trinajstić information content (AvgIpc) is 3.34. The number of fused-ring (bicyclic) bond motifs is 1. The van der Waals surface area contributed by atoms with E-state index in [9.17, 15) is 4.79 Å². The SMILES string of the molecule is COc1ccc(-c2ccnc3cc(C(=O)Nc4ccc(N5CCOCC5)cc4)nn23)cc1OC. The number of carbonyl (C=O) groups excluding carboxylic acids is 1. The highest BCUT2D eigenvalue weighted by atomic mass is 16.5. The van der Waals surface area contributed by atoms with Gasteiger partial charge in [0.1, 0.15) is 0 Å². The number of carbonyl (C=O) groups is 1. The van der Waals surface area contributed by atoms with E-state index in [2.05, 4.69) is 20.3 Å². The summed E-state index contributed by atoms with van der Waals surface area (Å²) in [7, 11) is 3.18. The van der Waals surface area contributed by atoms with Crippen LogP contribution < -0.4 is 19.7 Å². The molecule has 0 unspecified atom stereocenters. The first-order chi connectivity index (χ1) is 16.7. The topological polar surface area (TPSA) is 90.2 Å². The number of nitrogens with zero attached hydrogens (tertiary/aromatic N) is 4. The molecule has 1 aliphatic heterocycles. The highest BCUT2D eigenvalue weighted by Gasteiger charge is 2.16. The number of amides is 1. The molecule has 9 heteroatoms. The number of anilines is 2. The molecule has 0 spiro atoms. The maximum atomic E-state index is 12.9. The lowest BCUT2D eigenvalue weighted by Gasteiger charge is -2.28. The van der Waals surface area contributed by atoms with Crippen LogP contribution in [0, 0.1) is 0 Å². The van der Waals surface area contributed by atoms with Crippen molar-refractivity contribution in [3.8, 4) is 22.8 Å². The van der Waals surface area contributed by atoms with E-state index in [1.54, 1.807) is 31.0 Å². The van der Waals surface area contributed by atoms with Crippen molar-refractivity contribution >= 4 is 22.9 Å². The average molecular weight is 460 g/mol. The van der Waals surface area contributed by atoms with E-state index < -0.39 is 0 Å². The Labute approximate surface area is 196 Å². The van der Waals surface area contributed by atoms with Gasteiger partial charge in [0.2, 0.25) is 0 Å². The van der Waals surface area contributed by atoms with Crippen LogP contribution in [-0.4, -0.2) is 61.0 Å². The summed E-state index contributed by atoms with van der Waals surface area (Å²) >= 11 is 0. The Hall–Kier alpha value is -4.11. The summed E-state index contributed by atoms with van der Waals surface area (Å²) < 4.78 is 17.8. The minimum Gasteiger partial charge on any atom is -0.493 e. The second-order valence-corrected chi connectivity index (χ2v) is 7.80. The summed E-state index contributed by atoms with van der Waals surface area (Å²) in [6.45, 7) is 3.18. The normalized spacial score (nSPS) is 13.6. The molecule has 1 saturated heterocycles. The fourth-order valence-electron chi connectivity index (χ4n) is 3.99. The zero-order valence-electron chi connectivity index (χ0n) is 19.0. The van der Waals surface area contributed by atoms with E-state index in [4.69, 9.17) is 14.2 Å². The molecule has 0 saturated carbocycles. The van der Waals surface area contributed by atoms with Gasteiger partial charge in [0.25, 0.3) is 5.91 Å². The second kappa shape index (κ2) is 9.40. The van der Waals surface area contributed by atoms with Crippen LogP contribution in [0.3, 0.4) is 0 Å². The Kier molecular flexibility index (Phi) is 6.01. The number of aromatic nitrogens is 3. The van der Waals surface area contributed by atoms with Crippen molar-refractivity contribution in [2.45, 2.75) is 0 Å². The zero-order valence-corrected chi connectivity index (χ0v) is 19.0. The fraction of sp³-hybridized carbons (Fsp3) is 0.240. The number of ether oxygens (including phenoxy) is 3. The number of hydrogen-bond acceptors (Lipinski definition) is 7. The van der Waals surface area contributed by atoms with Crippen LogP contribution in [0.15, 0.2) is 60.8 Å². The van der Waals surface area contributed by atoms with Gasteiger partial charge in [0.05, 0.1) is 33.1 Å². The van der Waals surface area contributed by atoms with Gasteiger partial charge >= 0.3 is 0 Å². The van der Waals surface area contributed by atoms with Gasteiger partial charge in [0, 0.05) is 42.3 Å². The van der Waals surface area contributed by atoms with Gasteiger partial charge < -0.3 is 24.4 Å². The molecular formula is C25H25N5O4. The molecule has 9 nitrogen and oxygen atoms in total. The van der Waals surface area contributed by atoms with Gasteiger partial charge in [-0.05, 0) is 48.5 Å². The number of rotatable bonds is 6. The molecule has 2 aromatic carbocycles. The summed E-state index contributed by atoms with van der Waals surface area (Å²) in [4.78, 5) is 19.6. The van der Waals surface area contributed by atoms with Crippen molar-refractivity contribution in [1.29, 1.82) is 0 Å². The van der Waals surface area contributed by atoms with Crippen LogP contribution in [0.25, 0.3) is 16.9 Å². The van der Waals surface area contributed by atoms with E-state index in [-0.39, 0.29) is 11.6 Å². The molecule has 1 amide bonds. The van der Waals surface area contributed by atoms with Crippen molar-refractivity contribution in [3.63, 3.8) is 0 Å². The van der Waals surface area contributed by atoms with Crippen LogP contribution in [-0.2, 0) is 4.74 Å². The first-order valence-electron chi connectivity index (χ1n) is 11.0. The number of benzene rings is 2. The maximum absolute atomic E-state index is 12.9. The summed E-state index contributed by atoms with van der Waals surface area (Å²) in [5.41, 5.74) is 4.29. The van der Waals surface area contributed by atoms with Crippen molar-refractivity contribution in [1.82, 2.24) is 14.6 Å². The number of hydrogen-bond donors (Lipinski definition) is 1. The maximum Gasteiger partial charge on any atom is 0.276 e. The number of nitrogens with one attached hydrogen (secondary N) is 1. The molecule has 4 aromatic rings. The van der Waals surface area contributed by atoms with Gasteiger partial charge in [-0.3, -0.25) is 4.79 Å². The van der Waals surface area contributed by atoms with Crippen molar-refractivity contribution in [2.24, 2.45) is 0 Å². The van der Waals surface area contributed by atoms with E-state index in [1.807, 2.05) is 48.5 Å². The van der Waals surface area contributed by atoms with Crippen molar-refractivity contribution < 1.29 is 19.0 Å². The molecular weight excluding hydrogens is 434 g/mol. The fourth-order valence-corrected chi connectivity index (χ4v) is 3.99. The van der Waals surface area contributed by atoms with Crippen molar-refractivity contribution in [2.75, 3.05) is 50.7 Å². The first-order valence-corrected chi connectivity index (χ1v) is 11.0. The van der Waals surface area contributed by atoms with Crippen LogP contribution in [0.2, 0.25) is 0 Å². The molecule has 3 heterocycles. The van der Waals surface area contributed by atoms with E-state index in [0.717, 1.165) is 43.2 Å². The largest absolute Gasteiger partial charge is 0.493 e. The summed E-state index contributed by atoms with van der Waals surface area (Å²) in [6.07, 6.45) is 1.69. The molecule has 5 rings (SSSR count). The molecule has 0 radical (unpaired) electrons. The lowest BCUT2D eigenvalue weighted by molar-refractivity contribution is 0.102. The highest BCUT2D eigenvalue weighted by Crippen LogP contribution is 2.32. The Balaban J connectivity index is 1.38. The number of morpholine rings is 1. The van der Waals surface area contributed by atoms with Crippen molar-refractivity contribution in [3.05, 3.63) is 66.5 Å². The highest BCUT2D eigenvalue weighted by molar-refractivity contribution is 6.03. The quantitative estimate of drug-likeness (QED) is 0.472. The lowest BCUT2D eigenvalue weighted by Crippen LogP contribution is -2.36. The van der Waals surface area contributed by atoms with Gasteiger partial charge in [0.15, 0.2) is 22.8 Å². The van der Waals surface area contributed by atoms with Gasteiger partial charge in [-0.1, -0.05) is 0 Å². The molecule has 1 aliphatic rings. The Morgan fingerprint density at radius 1 is 0.971 bits per heavy atom. The molecule has 0 atom stereocenters. The zero-order chi connectivity index (χ0) is 23.5. The Bertz CT molecular complexity index is 1310. The summed E-state index contributed by atoms with van der Waals surface area (Å²) in [6, 6.07) is 16.9. The third-order valence-corrected chi connectivity index (χ3v) is 5.77. The summed E-state index contributed by atoms with van der Waals surface area (Å²) in [5, 5.41) is 7.44. The molecule has 0 bridgehead atoms. The third kappa shape index (κ3) is 4.25. The molecule has 174 valence electrons. The molecule has 0 aliphatic carbocycles. The van der Waals surface area contributed by atoms with Crippen LogP contribution in [0.5, 0.6) is 11.5 Å². The smallest absolute Gasteiger partial charge is 0.276 e. The lowest BCUT2D eigenvalue weighted by atomic mass is 10.1. The van der Waals surface area contributed by atoms with Crippen LogP contribution in [0.1, 0.15) is 10.5 Å². The predicted octanol–water partition coefficient (Wildman–Crippen LogP) is 3.50. The first kappa shape index (κ1) is 21.7. The van der Waals surface area contributed by atoms with Gasteiger partial charge in [-0.15, -0.1) is 0 Å². The Morgan fingerprint density at radius 3 is 2.47 bits per heavy atom. The molecule has 34 heavy (non-hydrogen) atoms. The predicted molar refractivity (Wildman–Crippen MR) is 129 cm³/mol. The number of methoxy groups -OCH3 is 2. The minimum absolute atomic E-state index is 0.276. The van der Waals surface area contributed by atoms with E-state index >= 15 is 0 Å². The Morgan fingerprint density at radius 2 is 1.74 bits per heavy atom. The third-order valence-electron chi connectivity index (χ3n) is 5.77. The summed E-state index contributed by atoms with van der Waals surface area (Å²) in [5.74, 6) is 0.940. The molecule has 1 N–H and O–H groups in total. The van der Waals surface area contributed by atoms with E-state index in [0.29, 0.717) is 22.8 Å². The van der Waals surface area contributed by atoms with Gasteiger partial charge in [-0.2, -0.15) is 5.10 Å². The standard InChI is InChI=1S/C25H25N5O4/c1-32-22-8-3-17(15-23(22)33-2)21-9-10-26-24-16-20(28-30(21)24)25(31)27-18-4-6-19(7-5-18)29-11-13-34-14-12-29/h3-10,15-16H,11-14H2,1-2H3,(H,27,31).